The fourth-order valence-electron chi connectivity index (χ4n) is 4.80. The van der Waals surface area contributed by atoms with Crippen LogP contribution in [0.3, 0.4) is 0 Å². The molecular formula is C26H36N2O4S. The Morgan fingerprint density at radius 2 is 1.88 bits per heavy atom. The number of carbonyl (C=O) groups is 2. The van der Waals surface area contributed by atoms with Crippen LogP contribution < -0.4 is 4.90 Å². The largest absolute Gasteiger partial charge is 0.444 e. The molecule has 1 aromatic heterocycles. The molecule has 2 fully saturated rings. The standard InChI is InChI=1S/C26H36N2O4S/c1-25(2,3)32-24(30)28-11-7-6-8-18(28)9-10-19-20-16-26(4,5)17-21(29)22(20)33-23(19)27-12-14-31-15-13-27/h18H,6-8,11-17H2,1-5H3. The van der Waals surface area contributed by atoms with E-state index in [-0.39, 0.29) is 23.3 Å². The number of hydrogen-bond donors (Lipinski definition) is 0. The van der Waals surface area contributed by atoms with Crippen molar-refractivity contribution in [2.75, 3.05) is 37.7 Å². The van der Waals surface area contributed by atoms with Gasteiger partial charge in [-0.3, -0.25) is 9.69 Å². The maximum atomic E-state index is 13.0. The fraction of sp³-hybridized carbons (Fsp3) is 0.692. The summed E-state index contributed by atoms with van der Waals surface area (Å²) in [5.41, 5.74) is 1.47. The molecular weight excluding hydrogens is 436 g/mol. The number of carbonyl (C=O) groups excluding carboxylic acids is 2. The number of piperidine rings is 1. The molecule has 1 atom stereocenters. The molecule has 4 rings (SSSR count). The molecule has 0 N–H and O–H groups in total. The van der Waals surface area contributed by atoms with Gasteiger partial charge in [0.05, 0.1) is 29.7 Å². The number of ketones is 1. The van der Waals surface area contributed by atoms with Gasteiger partial charge in [0.1, 0.15) is 10.6 Å². The Balaban J connectivity index is 1.70. The van der Waals surface area contributed by atoms with Gasteiger partial charge in [0.25, 0.3) is 0 Å². The second kappa shape index (κ2) is 9.31. The summed E-state index contributed by atoms with van der Waals surface area (Å²) in [5.74, 6) is 7.12. The number of ether oxygens (including phenoxy) is 2. The van der Waals surface area contributed by atoms with Gasteiger partial charge in [-0.1, -0.05) is 25.7 Å². The third-order valence-corrected chi connectivity index (χ3v) is 7.66. The lowest BCUT2D eigenvalue weighted by molar-refractivity contribution is 0.0158. The lowest BCUT2D eigenvalue weighted by Gasteiger charge is -2.34. The molecule has 1 unspecified atom stereocenters. The molecule has 2 aliphatic heterocycles. The summed E-state index contributed by atoms with van der Waals surface area (Å²) in [6, 6.07) is -0.172. The van der Waals surface area contributed by atoms with Crippen LogP contribution in [-0.2, 0) is 15.9 Å². The van der Waals surface area contributed by atoms with Crippen molar-refractivity contribution >= 4 is 28.2 Å². The van der Waals surface area contributed by atoms with E-state index >= 15 is 0 Å². The molecule has 0 spiro atoms. The second-order valence-electron chi connectivity index (χ2n) is 11.1. The quantitative estimate of drug-likeness (QED) is 0.545. The van der Waals surface area contributed by atoms with Crippen LogP contribution in [0.4, 0.5) is 9.80 Å². The zero-order valence-electron chi connectivity index (χ0n) is 20.6. The molecule has 0 aromatic carbocycles. The molecule has 0 radical (unpaired) electrons. The minimum atomic E-state index is -0.533. The maximum absolute atomic E-state index is 13.0. The van der Waals surface area contributed by atoms with Gasteiger partial charge < -0.3 is 14.4 Å². The van der Waals surface area contributed by atoms with E-state index in [0.29, 0.717) is 26.2 Å². The first-order chi connectivity index (χ1) is 15.5. The highest BCUT2D eigenvalue weighted by Crippen LogP contribution is 2.45. The van der Waals surface area contributed by atoms with Crippen LogP contribution in [0.25, 0.3) is 0 Å². The Morgan fingerprint density at radius 3 is 2.58 bits per heavy atom. The third-order valence-electron chi connectivity index (χ3n) is 6.33. The van der Waals surface area contributed by atoms with E-state index in [9.17, 15) is 9.59 Å². The Morgan fingerprint density at radius 1 is 1.15 bits per heavy atom. The number of fused-ring (bicyclic) bond motifs is 1. The fourth-order valence-corrected chi connectivity index (χ4v) is 6.06. The molecule has 0 bridgehead atoms. The van der Waals surface area contributed by atoms with E-state index in [1.165, 1.54) is 0 Å². The first-order valence-electron chi connectivity index (χ1n) is 12.1. The average Bonchev–Trinajstić information content (AvgIpc) is 3.09. The van der Waals surface area contributed by atoms with Crippen LogP contribution in [0.1, 0.15) is 81.1 Å². The van der Waals surface area contributed by atoms with Crippen LogP contribution in [0.15, 0.2) is 0 Å². The van der Waals surface area contributed by atoms with E-state index in [0.717, 1.165) is 59.8 Å². The van der Waals surface area contributed by atoms with Gasteiger partial charge in [-0.05, 0) is 57.4 Å². The number of thiophene rings is 1. The van der Waals surface area contributed by atoms with E-state index in [1.54, 1.807) is 16.2 Å². The van der Waals surface area contributed by atoms with Gasteiger partial charge in [0.2, 0.25) is 0 Å². The van der Waals surface area contributed by atoms with Crippen LogP contribution in [0, 0.1) is 17.3 Å². The number of likely N-dealkylation sites (tertiary alicyclic amines) is 1. The van der Waals surface area contributed by atoms with Crippen molar-refractivity contribution < 1.29 is 19.1 Å². The molecule has 7 heteroatoms. The predicted octanol–water partition coefficient (Wildman–Crippen LogP) is 4.88. The minimum absolute atomic E-state index is 0.0722. The van der Waals surface area contributed by atoms with Crippen molar-refractivity contribution in [1.29, 1.82) is 0 Å². The molecule has 1 aromatic rings. The number of rotatable bonds is 1. The molecule has 6 nitrogen and oxygen atoms in total. The molecule has 180 valence electrons. The zero-order chi connectivity index (χ0) is 23.8. The normalized spacial score (nSPS) is 22.9. The third kappa shape index (κ3) is 5.55. The van der Waals surface area contributed by atoms with Crippen molar-refractivity contribution in [2.24, 2.45) is 5.41 Å². The first kappa shape index (κ1) is 24.1. The maximum Gasteiger partial charge on any atom is 0.411 e. The van der Waals surface area contributed by atoms with Crippen LogP contribution in [-0.4, -0.2) is 61.3 Å². The number of Topliss-reactive ketones (excluding diaryl/α,β-unsaturated/α-hetero) is 1. The Labute approximate surface area is 201 Å². The molecule has 33 heavy (non-hydrogen) atoms. The number of morpholine rings is 1. The van der Waals surface area contributed by atoms with E-state index < -0.39 is 5.60 Å². The highest BCUT2D eigenvalue weighted by atomic mass is 32.1. The molecule has 1 aliphatic carbocycles. The monoisotopic (exact) mass is 472 g/mol. The summed E-state index contributed by atoms with van der Waals surface area (Å²) in [6.07, 6.45) is 3.98. The summed E-state index contributed by atoms with van der Waals surface area (Å²) in [5, 5.41) is 1.08. The van der Waals surface area contributed by atoms with Crippen molar-refractivity contribution in [2.45, 2.75) is 78.4 Å². The lowest BCUT2D eigenvalue weighted by Crippen LogP contribution is -2.45. The SMILES string of the molecule is CC1(C)CC(=O)c2sc(N3CCOCC3)c(C#CC3CCCCN3C(=O)OC(C)(C)C)c2C1. The smallest absolute Gasteiger partial charge is 0.411 e. The molecule has 1 amide bonds. The topological polar surface area (TPSA) is 59.1 Å². The molecule has 2 saturated heterocycles. The highest BCUT2D eigenvalue weighted by molar-refractivity contribution is 7.18. The minimum Gasteiger partial charge on any atom is -0.444 e. The first-order valence-corrected chi connectivity index (χ1v) is 12.9. The molecule has 0 saturated carbocycles. The summed E-state index contributed by atoms with van der Waals surface area (Å²) in [6.45, 7) is 13.6. The number of nitrogens with zero attached hydrogens (tertiary/aromatic N) is 2. The second-order valence-corrected chi connectivity index (χ2v) is 12.1. The summed E-state index contributed by atoms with van der Waals surface area (Å²) in [4.78, 5) is 30.8. The summed E-state index contributed by atoms with van der Waals surface area (Å²) < 4.78 is 11.2. The lowest BCUT2D eigenvalue weighted by atomic mass is 9.75. The van der Waals surface area contributed by atoms with E-state index in [1.807, 2.05) is 20.8 Å². The molecule has 3 aliphatic rings. The van der Waals surface area contributed by atoms with Gasteiger partial charge in [0, 0.05) is 26.1 Å². The van der Waals surface area contributed by atoms with Gasteiger partial charge in [-0.25, -0.2) is 4.79 Å². The highest BCUT2D eigenvalue weighted by Gasteiger charge is 2.36. The van der Waals surface area contributed by atoms with Crippen molar-refractivity contribution in [3.05, 3.63) is 16.0 Å². The van der Waals surface area contributed by atoms with E-state index in [2.05, 4.69) is 30.6 Å². The van der Waals surface area contributed by atoms with Gasteiger partial charge >= 0.3 is 6.09 Å². The Bertz CT molecular complexity index is 973. The zero-order valence-corrected chi connectivity index (χ0v) is 21.4. The van der Waals surface area contributed by atoms with Crippen molar-refractivity contribution in [1.82, 2.24) is 4.90 Å². The number of anilines is 1. The van der Waals surface area contributed by atoms with Gasteiger partial charge in [0.15, 0.2) is 5.78 Å². The number of hydrogen-bond acceptors (Lipinski definition) is 6. The predicted molar refractivity (Wildman–Crippen MR) is 131 cm³/mol. The van der Waals surface area contributed by atoms with Crippen molar-refractivity contribution in [3.63, 3.8) is 0 Å². The summed E-state index contributed by atoms with van der Waals surface area (Å²) in [7, 11) is 0. The van der Waals surface area contributed by atoms with Gasteiger partial charge in [-0.2, -0.15) is 0 Å². The number of amides is 1. The summed E-state index contributed by atoms with van der Waals surface area (Å²) >= 11 is 1.59. The van der Waals surface area contributed by atoms with Crippen LogP contribution in [0.2, 0.25) is 0 Å². The Kier molecular flexibility index (Phi) is 6.80. The van der Waals surface area contributed by atoms with Gasteiger partial charge in [-0.15, -0.1) is 11.3 Å². The van der Waals surface area contributed by atoms with Crippen LogP contribution in [0.5, 0.6) is 0 Å². The van der Waals surface area contributed by atoms with Crippen LogP contribution >= 0.6 is 11.3 Å². The average molecular weight is 473 g/mol. The van der Waals surface area contributed by atoms with Crippen molar-refractivity contribution in [3.8, 4) is 11.8 Å². The molecule has 3 heterocycles. The van der Waals surface area contributed by atoms with E-state index in [4.69, 9.17) is 9.47 Å². The Hall–Kier alpha value is -2.04.